The first-order valence-electron chi connectivity index (χ1n) is 8.83. The summed E-state index contributed by atoms with van der Waals surface area (Å²) in [7, 11) is 0. The summed E-state index contributed by atoms with van der Waals surface area (Å²) in [5.74, 6) is -0.128. The van der Waals surface area contributed by atoms with Crippen LogP contribution < -0.4 is 5.32 Å². The minimum Gasteiger partial charge on any atom is -0.298 e. The van der Waals surface area contributed by atoms with Crippen molar-refractivity contribution in [3.05, 3.63) is 70.6 Å². The van der Waals surface area contributed by atoms with Crippen LogP contribution >= 0.6 is 11.3 Å². The number of thiazole rings is 1. The molecule has 0 aliphatic rings. The number of benzene rings is 2. The molecule has 1 aromatic heterocycles. The maximum atomic E-state index is 12.4. The Morgan fingerprint density at radius 1 is 1.04 bits per heavy atom. The van der Waals surface area contributed by atoms with Gasteiger partial charge in [-0.1, -0.05) is 64.1 Å². The van der Waals surface area contributed by atoms with Crippen molar-refractivity contribution in [2.75, 3.05) is 5.32 Å². The number of aryl methyl sites for hydroxylation is 1. The number of nitrogens with zero attached hydrogens (tertiary/aromatic N) is 1. The predicted molar refractivity (Wildman–Crippen MR) is 110 cm³/mol. The van der Waals surface area contributed by atoms with Gasteiger partial charge in [0.15, 0.2) is 5.13 Å². The van der Waals surface area contributed by atoms with Crippen molar-refractivity contribution >= 4 is 22.4 Å². The molecule has 26 heavy (non-hydrogen) atoms. The molecule has 0 saturated carbocycles. The highest BCUT2D eigenvalue weighted by Crippen LogP contribution is 2.28. The Labute approximate surface area is 159 Å². The van der Waals surface area contributed by atoms with Crippen molar-refractivity contribution in [2.24, 2.45) is 0 Å². The van der Waals surface area contributed by atoms with Gasteiger partial charge in [-0.2, -0.15) is 0 Å². The zero-order chi connectivity index (χ0) is 18.7. The van der Waals surface area contributed by atoms with Crippen molar-refractivity contribution in [2.45, 2.75) is 39.5 Å². The number of rotatable bonds is 4. The van der Waals surface area contributed by atoms with Gasteiger partial charge in [0, 0.05) is 16.5 Å². The molecule has 0 saturated heterocycles. The molecule has 0 radical (unpaired) electrons. The zero-order valence-electron chi connectivity index (χ0n) is 15.7. The highest BCUT2D eigenvalue weighted by molar-refractivity contribution is 7.14. The molecule has 3 aromatic rings. The summed E-state index contributed by atoms with van der Waals surface area (Å²) in [6.07, 6.45) is 0.964. The normalized spacial score (nSPS) is 11.4. The van der Waals surface area contributed by atoms with Crippen LogP contribution in [0.15, 0.2) is 53.9 Å². The van der Waals surface area contributed by atoms with Crippen LogP contribution in [0.5, 0.6) is 0 Å². The summed E-state index contributed by atoms with van der Waals surface area (Å²) >= 11 is 1.44. The lowest BCUT2D eigenvalue weighted by Gasteiger charge is -2.18. The number of hydrogen-bond acceptors (Lipinski definition) is 3. The summed E-state index contributed by atoms with van der Waals surface area (Å²) < 4.78 is 0. The van der Waals surface area contributed by atoms with E-state index in [-0.39, 0.29) is 11.3 Å². The molecule has 0 unspecified atom stereocenters. The highest BCUT2D eigenvalue weighted by Gasteiger charge is 2.14. The standard InChI is InChI=1S/C22H24N2OS/c1-5-15-6-8-17(9-7-15)20(25)24-21-23-19(14-26-21)16-10-12-18(13-11-16)22(2,3)4/h6-14H,5H2,1-4H3,(H,23,24,25). The third-order valence-corrected chi connectivity index (χ3v) is 5.15. The third kappa shape index (κ3) is 4.20. The van der Waals surface area contributed by atoms with Crippen molar-refractivity contribution in [3.8, 4) is 11.3 Å². The third-order valence-electron chi connectivity index (χ3n) is 4.40. The zero-order valence-corrected chi connectivity index (χ0v) is 16.5. The number of anilines is 1. The largest absolute Gasteiger partial charge is 0.298 e. The van der Waals surface area contributed by atoms with Gasteiger partial charge in [-0.05, 0) is 35.1 Å². The minimum absolute atomic E-state index is 0.128. The molecule has 3 nitrogen and oxygen atoms in total. The van der Waals surface area contributed by atoms with E-state index in [0.29, 0.717) is 10.7 Å². The van der Waals surface area contributed by atoms with Gasteiger partial charge in [0.05, 0.1) is 5.69 Å². The van der Waals surface area contributed by atoms with Crippen molar-refractivity contribution in [1.29, 1.82) is 0 Å². The van der Waals surface area contributed by atoms with E-state index in [1.165, 1.54) is 22.5 Å². The maximum Gasteiger partial charge on any atom is 0.257 e. The number of aromatic nitrogens is 1. The second-order valence-corrected chi connectivity index (χ2v) is 8.23. The number of nitrogens with one attached hydrogen (secondary N) is 1. The Morgan fingerprint density at radius 2 is 1.69 bits per heavy atom. The van der Waals surface area contributed by atoms with Crippen LogP contribution in [0.2, 0.25) is 0 Å². The summed E-state index contributed by atoms with van der Waals surface area (Å²) in [4.78, 5) is 16.9. The highest BCUT2D eigenvalue weighted by atomic mass is 32.1. The van der Waals surface area contributed by atoms with E-state index in [4.69, 9.17) is 0 Å². The smallest absolute Gasteiger partial charge is 0.257 e. The Bertz CT molecular complexity index is 887. The molecular formula is C22H24N2OS. The van der Waals surface area contributed by atoms with E-state index in [1.54, 1.807) is 0 Å². The molecule has 3 rings (SSSR count). The molecule has 1 heterocycles. The van der Waals surface area contributed by atoms with Crippen LogP contribution in [0.1, 0.15) is 49.2 Å². The minimum atomic E-state index is -0.128. The molecular weight excluding hydrogens is 340 g/mol. The van der Waals surface area contributed by atoms with Gasteiger partial charge in [-0.15, -0.1) is 11.3 Å². The van der Waals surface area contributed by atoms with Crippen LogP contribution in [-0.4, -0.2) is 10.9 Å². The van der Waals surface area contributed by atoms with Gasteiger partial charge in [-0.25, -0.2) is 4.98 Å². The van der Waals surface area contributed by atoms with E-state index in [1.807, 2.05) is 29.6 Å². The summed E-state index contributed by atoms with van der Waals surface area (Å²) in [6, 6.07) is 16.1. The summed E-state index contributed by atoms with van der Waals surface area (Å²) in [5.41, 5.74) is 5.23. The monoisotopic (exact) mass is 364 g/mol. The lowest BCUT2D eigenvalue weighted by molar-refractivity contribution is 0.102. The fourth-order valence-electron chi connectivity index (χ4n) is 2.67. The van der Waals surface area contributed by atoms with Gasteiger partial charge < -0.3 is 0 Å². The average Bonchev–Trinajstić information content (AvgIpc) is 3.09. The molecule has 0 fully saturated rings. The van der Waals surface area contributed by atoms with Crippen LogP contribution in [0, 0.1) is 0 Å². The fraction of sp³-hybridized carbons (Fsp3) is 0.273. The first kappa shape index (κ1) is 18.3. The number of carbonyl (C=O) groups excluding carboxylic acids is 1. The van der Waals surface area contributed by atoms with Crippen LogP contribution in [-0.2, 0) is 11.8 Å². The Balaban J connectivity index is 1.72. The first-order valence-corrected chi connectivity index (χ1v) is 9.71. The maximum absolute atomic E-state index is 12.4. The van der Waals surface area contributed by atoms with E-state index in [0.717, 1.165) is 17.7 Å². The van der Waals surface area contributed by atoms with Gasteiger partial charge in [0.1, 0.15) is 0 Å². The molecule has 0 bridgehead atoms. The number of amides is 1. The Morgan fingerprint density at radius 3 is 2.27 bits per heavy atom. The summed E-state index contributed by atoms with van der Waals surface area (Å²) in [5, 5.41) is 5.48. The van der Waals surface area contributed by atoms with Crippen molar-refractivity contribution in [1.82, 2.24) is 4.98 Å². The molecule has 1 amide bonds. The molecule has 0 spiro atoms. The molecule has 0 aliphatic carbocycles. The van der Waals surface area contributed by atoms with Gasteiger partial charge in [0.25, 0.3) is 5.91 Å². The van der Waals surface area contributed by atoms with Gasteiger partial charge in [0.2, 0.25) is 0 Å². The molecule has 0 atom stereocenters. The first-order chi connectivity index (χ1) is 12.4. The lowest BCUT2D eigenvalue weighted by Crippen LogP contribution is -2.11. The SMILES string of the molecule is CCc1ccc(C(=O)Nc2nc(-c3ccc(C(C)(C)C)cc3)cs2)cc1. The van der Waals surface area contributed by atoms with E-state index in [9.17, 15) is 4.79 Å². The van der Waals surface area contributed by atoms with E-state index < -0.39 is 0 Å². The molecule has 1 N–H and O–H groups in total. The predicted octanol–water partition coefficient (Wildman–Crippen LogP) is 5.92. The average molecular weight is 365 g/mol. The molecule has 4 heteroatoms. The number of hydrogen-bond donors (Lipinski definition) is 1. The Hall–Kier alpha value is -2.46. The van der Waals surface area contributed by atoms with E-state index in [2.05, 4.69) is 62.3 Å². The molecule has 2 aromatic carbocycles. The Kier molecular flexibility index (Phi) is 5.23. The van der Waals surface area contributed by atoms with Crippen LogP contribution in [0.25, 0.3) is 11.3 Å². The lowest BCUT2D eigenvalue weighted by atomic mass is 9.86. The molecule has 0 aliphatic heterocycles. The second-order valence-electron chi connectivity index (χ2n) is 7.37. The second kappa shape index (κ2) is 7.42. The van der Waals surface area contributed by atoms with E-state index >= 15 is 0 Å². The quantitative estimate of drug-likeness (QED) is 0.624. The van der Waals surface area contributed by atoms with Crippen molar-refractivity contribution in [3.63, 3.8) is 0 Å². The topological polar surface area (TPSA) is 42.0 Å². The van der Waals surface area contributed by atoms with Crippen molar-refractivity contribution < 1.29 is 4.79 Å². The fourth-order valence-corrected chi connectivity index (χ4v) is 3.38. The number of carbonyl (C=O) groups is 1. The van der Waals surface area contributed by atoms with Crippen LogP contribution in [0.3, 0.4) is 0 Å². The summed E-state index contributed by atoms with van der Waals surface area (Å²) in [6.45, 7) is 8.70. The van der Waals surface area contributed by atoms with Gasteiger partial charge in [-0.3, -0.25) is 10.1 Å². The van der Waals surface area contributed by atoms with Gasteiger partial charge >= 0.3 is 0 Å². The molecule has 134 valence electrons. The van der Waals surface area contributed by atoms with Crippen LogP contribution in [0.4, 0.5) is 5.13 Å².